The number of ether oxygens (including phenoxy) is 2. The second-order valence-electron chi connectivity index (χ2n) is 7.40. The number of aryl methyl sites for hydroxylation is 1. The number of hydrogen-bond donors (Lipinski definition) is 4. The Bertz CT molecular complexity index is 889. The Morgan fingerprint density at radius 2 is 1.89 bits per heavy atom. The highest BCUT2D eigenvalue weighted by molar-refractivity contribution is 5.71. The van der Waals surface area contributed by atoms with E-state index in [-0.39, 0.29) is 35.0 Å². The van der Waals surface area contributed by atoms with E-state index in [0.717, 1.165) is 18.4 Å². The van der Waals surface area contributed by atoms with E-state index in [2.05, 4.69) is 0 Å². The maximum absolute atomic E-state index is 10.7. The van der Waals surface area contributed by atoms with Gasteiger partial charge in [-0.05, 0) is 42.2 Å². The third-order valence-electron chi connectivity index (χ3n) is 5.63. The van der Waals surface area contributed by atoms with Crippen LogP contribution < -0.4 is 4.74 Å². The Morgan fingerprint density at radius 3 is 2.61 bits per heavy atom. The molecule has 1 aliphatic heterocycles. The molecule has 1 fully saturated rings. The molecule has 4 atom stereocenters. The molecule has 4 N–H and O–H groups in total. The molecular weight excluding hydrogens is 360 g/mol. The molecule has 2 aromatic carbocycles. The number of fused-ring (bicyclic) bond motifs is 3. The van der Waals surface area contributed by atoms with Gasteiger partial charge in [-0.25, -0.2) is 0 Å². The monoisotopic (exact) mass is 384 g/mol. The van der Waals surface area contributed by atoms with Gasteiger partial charge in [0.2, 0.25) is 5.75 Å². The molecule has 0 amide bonds. The van der Waals surface area contributed by atoms with E-state index in [0.29, 0.717) is 17.5 Å². The molecule has 0 bridgehead atoms. The molecule has 6 heteroatoms. The number of rotatable bonds is 4. The van der Waals surface area contributed by atoms with Crippen molar-refractivity contribution in [2.45, 2.75) is 37.6 Å². The first kappa shape index (κ1) is 18.7. The SMILES string of the molecule is COc1c(O)c(O)cc2c1C=CC1C(O)CC(CCc3ccc(O)cc3)OC21. The fourth-order valence-electron chi connectivity index (χ4n) is 4.16. The molecule has 0 radical (unpaired) electrons. The van der Waals surface area contributed by atoms with Gasteiger partial charge < -0.3 is 29.9 Å². The van der Waals surface area contributed by atoms with Crippen LogP contribution in [-0.2, 0) is 11.2 Å². The zero-order valence-electron chi connectivity index (χ0n) is 15.6. The first-order valence-electron chi connectivity index (χ1n) is 9.40. The van der Waals surface area contributed by atoms with Crippen LogP contribution in [0, 0.1) is 5.92 Å². The summed E-state index contributed by atoms with van der Waals surface area (Å²) >= 11 is 0. The number of aliphatic hydroxyl groups is 1. The smallest absolute Gasteiger partial charge is 0.201 e. The normalized spacial score (nSPS) is 25.8. The molecule has 1 saturated heterocycles. The summed E-state index contributed by atoms with van der Waals surface area (Å²) in [5.41, 5.74) is 2.45. The van der Waals surface area contributed by atoms with Gasteiger partial charge in [0.05, 0.1) is 25.4 Å². The minimum absolute atomic E-state index is 0.147. The summed E-state index contributed by atoms with van der Waals surface area (Å²) in [7, 11) is 1.44. The molecule has 6 nitrogen and oxygen atoms in total. The topological polar surface area (TPSA) is 99.4 Å². The zero-order chi connectivity index (χ0) is 19.8. The Hall–Kier alpha value is -2.70. The van der Waals surface area contributed by atoms with Crippen LogP contribution in [0.2, 0.25) is 0 Å². The van der Waals surface area contributed by atoms with Gasteiger partial charge in [0.1, 0.15) is 5.75 Å². The van der Waals surface area contributed by atoms with Gasteiger partial charge in [-0.2, -0.15) is 0 Å². The van der Waals surface area contributed by atoms with Crippen LogP contribution in [0.25, 0.3) is 6.08 Å². The van der Waals surface area contributed by atoms with Gasteiger partial charge in [-0.15, -0.1) is 0 Å². The summed E-state index contributed by atoms with van der Waals surface area (Å²) in [5.74, 6) is -0.350. The molecule has 1 aliphatic carbocycles. The second-order valence-corrected chi connectivity index (χ2v) is 7.40. The summed E-state index contributed by atoms with van der Waals surface area (Å²) in [4.78, 5) is 0. The van der Waals surface area contributed by atoms with Crippen molar-refractivity contribution in [1.82, 2.24) is 0 Å². The summed E-state index contributed by atoms with van der Waals surface area (Å²) < 4.78 is 11.6. The predicted molar refractivity (Wildman–Crippen MR) is 104 cm³/mol. The number of aromatic hydroxyl groups is 3. The van der Waals surface area contributed by atoms with Gasteiger partial charge in [-0.3, -0.25) is 0 Å². The summed E-state index contributed by atoms with van der Waals surface area (Å²) in [6.45, 7) is 0. The van der Waals surface area contributed by atoms with Gasteiger partial charge in [0.25, 0.3) is 0 Å². The van der Waals surface area contributed by atoms with Crippen molar-refractivity contribution in [1.29, 1.82) is 0 Å². The van der Waals surface area contributed by atoms with E-state index < -0.39 is 12.2 Å². The molecule has 4 unspecified atom stereocenters. The van der Waals surface area contributed by atoms with Gasteiger partial charge in [0.15, 0.2) is 11.5 Å². The van der Waals surface area contributed by atoms with E-state index in [1.54, 1.807) is 18.2 Å². The van der Waals surface area contributed by atoms with E-state index in [1.165, 1.54) is 13.2 Å². The van der Waals surface area contributed by atoms with E-state index >= 15 is 0 Å². The minimum atomic E-state index is -0.560. The second kappa shape index (κ2) is 7.37. The van der Waals surface area contributed by atoms with E-state index in [4.69, 9.17) is 9.47 Å². The van der Waals surface area contributed by atoms with Crippen molar-refractivity contribution in [2.75, 3.05) is 7.11 Å². The third kappa shape index (κ3) is 3.30. The maximum atomic E-state index is 10.7. The standard InChI is InChI=1S/C22H24O6/c1-27-22-15-8-9-16-18(24)10-14(7-4-12-2-5-13(23)6-3-12)28-21(16)17(15)11-19(25)20(22)26/h2-3,5-6,8-9,11,14,16,18,21,23-26H,4,7,10H2,1H3. The fraction of sp³-hybridized carbons (Fsp3) is 0.364. The molecule has 2 aromatic rings. The molecule has 0 spiro atoms. The number of phenols is 3. The highest BCUT2D eigenvalue weighted by Gasteiger charge is 2.41. The van der Waals surface area contributed by atoms with Crippen molar-refractivity contribution in [3.63, 3.8) is 0 Å². The lowest BCUT2D eigenvalue weighted by Crippen LogP contribution is -2.40. The highest BCUT2D eigenvalue weighted by atomic mass is 16.5. The Balaban J connectivity index is 1.57. The number of hydrogen-bond acceptors (Lipinski definition) is 6. The summed E-state index contributed by atoms with van der Waals surface area (Å²) in [6.07, 6.45) is 4.58. The molecule has 28 heavy (non-hydrogen) atoms. The van der Waals surface area contributed by atoms with Gasteiger partial charge >= 0.3 is 0 Å². The predicted octanol–water partition coefficient (Wildman–Crippen LogP) is 3.28. The largest absolute Gasteiger partial charge is 0.508 e. The van der Waals surface area contributed by atoms with Crippen molar-refractivity contribution < 1.29 is 29.9 Å². The van der Waals surface area contributed by atoms with Crippen molar-refractivity contribution >= 4 is 6.08 Å². The lowest BCUT2D eigenvalue weighted by atomic mass is 9.78. The Morgan fingerprint density at radius 1 is 1.14 bits per heavy atom. The van der Waals surface area contributed by atoms with Gasteiger partial charge in [-0.1, -0.05) is 24.3 Å². The van der Waals surface area contributed by atoms with Crippen LogP contribution in [0.1, 0.15) is 35.6 Å². The van der Waals surface area contributed by atoms with Crippen molar-refractivity contribution in [3.05, 3.63) is 53.1 Å². The summed E-state index contributed by atoms with van der Waals surface area (Å²) in [6, 6.07) is 8.56. The average molecular weight is 384 g/mol. The molecule has 4 rings (SSSR count). The molecule has 0 aromatic heterocycles. The van der Waals surface area contributed by atoms with E-state index in [1.807, 2.05) is 18.2 Å². The van der Waals surface area contributed by atoms with E-state index in [9.17, 15) is 20.4 Å². The lowest BCUT2D eigenvalue weighted by molar-refractivity contribution is -0.127. The van der Waals surface area contributed by atoms with Crippen LogP contribution in [0.15, 0.2) is 36.4 Å². The molecular formula is C22H24O6. The maximum Gasteiger partial charge on any atom is 0.201 e. The minimum Gasteiger partial charge on any atom is -0.508 e. The first-order chi connectivity index (χ1) is 13.5. The van der Waals surface area contributed by atoms with Crippen molar-refractivity contribution in [2.24, 2.45) is 5.92 Å². The van der Waals surface area contributed by atoms with Crippen molar-refractivity contribution in [3.8, 4) is 23.0 Å². The highest BCUT2D eigenvalue weighted by Crippen LogP contribution is 2.50. The fourth-order valence-corrected chi connectivity index (χ4v) is 4.16. The average Bonchev–Trinajstić information content (AvgIpc) is 2.69. The first-order valence-corrected chi connectivity index (χ1v) is 9.40. The Kier molecular flexibility index (Phi) is 4.91. The number of phenolic OH excluding ortho intramolecular Hbond substituents is 3. The molecule has 2 aliphatic rings. The number of methoxy groups -OCH3 is 1. The third-order valence-corrected chi connectivity index (χ3v) is 5.63. The number of benzene rings is 2. The Labute approximate surface area is 163 Å². The van der Waals surface area contributed by atoms with Crippen LogP contribution in [0.4, 0.5) is 0 Å². The zero-order valence-corrected chi connectivity index (χ0v) is 15.6. The number of aliphatic hydroxyl groups excluding tert-OH is 1. The molecule has 148 valence electrons. The quantitative estimate of drug-likeness (QED) is 0.604. The van der Waals surface area contributed by atoms with Crippen LogP contribution in [0.3, 0.4) is 0 Å². The van der Waals surface area contributed by atoms with Gasteiger partial charge in [0, 0.05) is 17.9 Å². The molecule has 0 saturated carbocycles. The van der Waals surface area contributed by atoms with Crippen LogP contribution >= 0.6 is 0 Å². The van der Waals surface area contributed by atoms with Crippen LogP contribution in [-0.4, -0.2) is 39.7 Å². The molecule has 1 heterocycles. The van der Waals surface area contributed by atoms with Crippen LogP contribution in [0.5, 0.6) is 23.0 Å². The summed E-state index contributed by atoms with van der Waals surface area (Å²) in [5, 5.41) is 40.2. The lowest BCUT2D eigenvalue weighted by Gasteiger charge is -2.41.